The summed E-state index contributed by atoms with van der Waals surface area (Å²) in [5.41, 5.74) is 2.50. The van der Waals surface area contributed by atoms with Gasteiger partial charge < -0.3 is 0 Å². The zero-order valence-corrected chi connectivity index (χ0v) is 10.9. The van der Waals surface area contributed by atoms with Crippen LogP contribution in [0.15, 0.2) is 40.1 Å². The summed E-state index contributed by atoms with van der Waals surface area (Å²) in [7, 11) is 0. The third kappa shape index (κ3) is 2.48. The molecule has 0 fully saturated rings. The molecule has 0 unspecified atom stereocenters. The van der Waals surface area contributed by atoms with Crippen molar-refractivity contribution in [2.24, 2.45) is 0 Å². The molecule has 96 valence electrons. The van der Waals surface area contributed by atoms with E-state index in [0.717, 1.165) is 17.1 Å². The molecule has 0 atom stereocenters. The number of aryl methyl sites for hydroxylation is 1. The van der Waals surface area contributed by atoms with Gasteiger partial charge in [-0.1, -0.05) is 40.3 Å². The Kier molecular flexibility index (Phi) is 3.23. The summed E-state index contributed by atoms with van der Waals surface area (Å²) in [6, 6.07) is 9.73. The smallest absolute Gasteiger partial charge is 0.214 e. The van der Waals surface area contributed by atoms with E-state index in [1.807, 2.05) is 37.3 Å². The van der Waals surface area contributed by atoms with E-state index in [2.05, 4.69) is 30.5 Å². The second-order valence-corrected chi connectivity index (χ2v) is 4.74. The van der Waals surface area contributed by atoms with Crippen LogP contribution in [0.2, 0.25) is 0 Å². The van der Waals surface area contributed by atoms with Crippen molar-refractivity contribution in [1.82, 2.24) is 30.5 Å². The molecule has 3 aromatic rings. The molecule has 0 aliphatic heterocycles. The van der Waals surface area contributed by atoms with Crippen molar-refractivity contribution in [3.05, 3.63) is 41.7 Å². The molecular formula is C11H10N6OS. The molecule has 0 amide bonds. The minimum atomic E-state index is 0.614. The predicted octanol–water partition coefficient (Wildman–Crippen LogP) is 1.65. The molecule has 2 heterocycles. The first-order chi connectivity index (χ1) is 9.34. The summed E-state index contributed by atoms with van der Waals surface area (Å²) in [5, 5.41) is 20.0. The molecule has 1 aromatic carbocycles. The summed E-state index contributed by atoms with van der Waals surface area (Å²) in [6.45, 7) is 1.85. The van der Waals surface area contributed by atoms with Crippen molar-refractivity contribution in [2.45, 2.75) is 17.8 Å². The maximum atomic E-state index is 4.66. The first-order valence-electron chi connectivity index (χ1n) is 5.59. The van der Waals surface area contributed by atoms with Crippen LogP contribution >= 0.6 is 11.8 Å². The number of hydrogen-bond donors (Lipinski definition) is 0. The van der Waals surface area contributed by atoms with Crippen molar-refractivity contribution >= 4 is 11.8 Å². The van der Waals surface area contributed by atoms with Gasteiger partial charge in [0.2, 0.25) is 5.16 Å². The summed E-state index contributed by atoms with van der Waals surface area (Å²) in [6.07, 6.45) is 0. The van der Waals surface area contributed by atoms with E-state index in [1.165, 1.54) is 11.8 Å². The topological polar surface area (TPSA) is 82.5 Å². The third-order valence-electron chi connectivity index (χ3n) is 2.53. The fourth-order valence-electron chi connectivity index (χ4n) is 1.51. The molecule has 0 radical (unpaired) electrons. The van der Waals surface area contributed by atoms with E-state index in [0.29, 0.717) is 10.9 Å². The van der Waals surface area contributed by atoms with Crippen LogP contribution < -0.4 is 0 Å². The van der Waals surface area contributed by atoms with Crippen molar-refractivity contribution in [1.29, 1.82) is 0 Å². The lowest BCUT2D eigenvalue weighted by atomic mass is 10.3. The number of hydrogen-bond acceptors (Lipinski definition) is 7. The number of rotatable bonds is 4. The lowest BCUT2D eigenvalue weighted by Gasteiger charge is -2.02. The first-order valence-corrected chi connectivity index (χ1v) is 6.58. The Hall–Kier alpha value is -2.22. The Labute approximate surface area is 113 Å². The highest BCUT2D eigenvalue weighted by atomic mass is 32.2. The Bertz CT molecular complexity index is 665. The molecule has 2 aromatic heterocycles. The molecule has 0 aliphatic carbocycles. The molecule has 0 N–H and O–H groups in total. The average Bonchev–Trinajstić information content (AvgIpc) is 3.06. The summed E-state index contributed by atoms with van der Waals surface area (Å²) in [4.78, 5) is 0. The van der Waals surface area contributed by atoms with Crippen molar-refractivity contribution in [3.63, 3.8) is 0 Å². The monoisotopic (exact) mass is 274 g/mol. The SMILES string of the molecule is Cc1nonc1CSc1nnnn1-c1ccccc1. The largest absolute Gasteiger partial charge is 0.244 e. The highest BCUT2D eigenvalue weighted by Crippen LogP contribution is 2.22. The number of benzene rings is 1. The van der Waals surface area contributed by atoms with E-state index in [1.54, 1.807) is 4.68 Å². The number of aromatic nitrogens is 6. The van der Waals surface area contributed by atoms with Gasteiger partial charge in [-0.2, -0.15) is 4.68 Å². The highest BCUT2D eigenvalue weighted by molar-refractivity contribution is 7.98. The van der Waals surface area contributed by atoms with Crippen LogP contribution in [0.4, 0.5) is 0 Å². The van der Waals surface area contributed by atoms with Crippen LogP contribution in [0, 0.1) is 6.92 Å². The average molecular weight is 274 g/mol. The second kappa shape index (κ2) is 5.19. The van der Waals surface area contributed by atoms with E-state index in [4.69, 9.17) is 0 Å². The maximum absolute atomic E-state index is 4.66. The van der Waals surface area contributed by atoms with Crippen molar-refractivity contribution in [3.8, 4) is 5.69 Å². The third-order valence-corrected chi connectivity index (χ3v) is 3.46. The van der Waals surface area contributed by atoms with E-state index >= 15 is 0 Å². The van der Waals surface area contributed by atoms with Crippen LogP contribution in [0.1, 0.15) is 11.4 Å². The molecule has 8 heteroatoms. The van der Waals surface area contributed by atoms with E-state index < -0.39 is 0 Å². The molecule has 0 saturated carbocycles. The van der Waals surface area contributed by atoms with Gasteiger partial charge in [-0.15, -0.1) is 5.10 Å². The lowest BCUT2D eigenvalue weighted by Crippen LogP contribution is -1.98. The molecule has 0 saturated heterocycles. The van der Waals surface area contributed by atoms with Crippen LogP contribution in [0.25, 0.3) is 5.69 Å². The van der Waals surface area contributed by atoms with Crippen LogP contribution in [0.3, 0.4) is 0 Å². The number of thioether (sulfide) groups is 1. The molecule has 7 nitrogen and oxygen atoms in total. The standard InChI is InChI=1S/C11H10N6OS/c1-8-10(14-18-13-8)7-19-11-12-15-16-17(11)9-5-3-2-4-6-9/h2-6H,7H2,1H3. The van der Waals surface area contributed by atoms with Gasteiger partial charge in [0.05, 0.1) is 5.69 Å². The molecule has 3 rings (SSSR count). The fraction of sp³-hybridized carbons (Fsp3) is 0.182. The summed E-state index contributed by atoms with van der Waals surface area (Å²) < 4.78 is 6.35. The number of para-hydroxylation sites is 1. The number of tetrazole rings is 1. The quantitative estimate of drug-likeness (QED) is 0.669. The van der Waals surface area contributed by atoms with Gasteiger partial charge in [0.25, 0.3) is 0 Å². The minimum absolute atomic E-state index is 0.614. The van der Waals surface area contributed by atoms with Gasteiger partial charge >= 0.3 is 0 Å². The minimum Gasteiger partial charge on any atom is -0.244 e. The molecular weight excluding hydrogens is 264 g/mol. The fourth-order valence-corrected chi connectivity index (χ4v) is 2.40. The normalized spacial score (nSPS) is 10.8. The molecule has 0 spiro atoms. The second-order valence-electron chi connectivity index (χ2n) is 3.79. The maximum Gasteiger partial charge on any atom is 0.214 e. The van der Waals surface area contributed by atoms with Crippen molar-refractivity contribution in [2.75, 3.05) is 0 Å². The van der Waals surface area contributed by atoms with Gasteiger partial charge in [-0.25, -0.2) is 4.63 Å². The van der Waals surface area contributed by atoms with Gasteiger partial charge in [-0.3, -0.25) is 0 Å². The van der Waals surface area contributed by atoms with Gasteiger partial charge in [0.15, 0.2) is 0 Å². The van der Waals surface area contributed by atoms with Gasteiger partial charge in [0, 0.05) is 5.75 Å². The predicted molar refractivity (Wildman–Crippen MR) is 67.8 cm³/mol. The van der Waals surface area contributed by atoms with Crippen LogP contribution in [-0.4, -0.2) is 30.5 Å². The van der Waals surface area contributed by atoms with Crippen LogP contribution in [-0.2, 0) is 5.75 Å². The molecule has 0 bridgehead atoms. The van der Waals surface area contributed by atoms with E-state index in [-0.39, 0.29) is 0 Å². The molecule has 0 aliphatic rings. The summed E-state index contributed by atoms with van der Waals surface area (Å²) in [5.74, 6) is 0.614. The Balaban J connectivity index is 1.80. The van der Waals surface area contributed by atoms with Gasteiger partial charge in [-0.05, 0) is 29.5 Å². The zero-order valence-electron chi connectivity index (χ0n) is 10.1. The highest BCUT2D eigenvalue weighted by Gasteiger charge is 2.11. The summed E-state index contributed by atoms with van der Waals surface area (Å²) >= 11 is 1.48. The first kappa shape index (κ1) is 11.8. The Morgan fingerprint density at radius 3 is 2.79 bits per heavy atom. The molecule has 19 heavy (non-hydrogen) atoms. The van der Waals surface area contributed by atoms with Crippen LogP contribution in [0.5, 0.6) is 0 Å². The Morgan fingerprint density at radius 1 is 1.21 bits per heavy atom. The lowest BCUT2D eigenvalue weighted by molar-refractivity contribution is 0.302. The number of nitrogens with zero attached hydrogens (tertiary/aromatic N) is 6. The van der Waals surface area contributed by atoms with Gasteiger partial charge in [0.1, 0.15) is 11.4 Å². The Morgan fingerprint density at radius 2 is 2.05 bits per heavy atom. The van der Waals surface area contributed by atoms with Crippen molar-refractivity contribution < 1.29 is 4.63 Å². The zero-order chi connectivity index (χ0) is 13.1. The van der Waals surface area contributed by atoms with E-state index in [9.17, 15) is 0 Å².